The van der Waals surface area contributed by atoms with Gasteiger partial charge in [-0.15, -0.1) is 0 Å². The predicted octanol–water partition coefficient (Wildman–Crippen LogP) is -0.434. The molecule has 0 saturated heterocycles. The summed E-state index contributed by atoms with van der Waals surface area (Å²) < 4.78 is 4.83. The molecule has 0 amide bonds. The molecule has 0 radical (unpaired) electrons. The first-order valence-electron chi connectivity index (χ1n) is 4.97. The van der Waals surface area contributed by atoms with Gasteiger partial charge in [0.2, 0.25) is 0 Å². The Hall–Kier alpha value is -1.63. The van der Waals surface area contributed by atoms with Gasteiger partial charge in [-0.05, 0) is 17.7 Å². The fraction of sp³-hybridized carbons (Fsp3) is 0.364. The molecule has 0 saturated carbocycles. The zero-order valence-corrected chi connectivity index (χ0v) is 9.33. The van der Waals surface area contributed by atoms with Gasteiger partial charge in [0.1, 0.15) is 6.10 Å². The smallest absolute Gasteiger partial charge is 0.161 e. The second kappa shape index (κ2) is 5.62. The van der Waals surface area contributed by atoms with Gasteiger partial charge < -0.3 is 25.8 Å². The molecule has 1 rings (SSSR count). The number of phenols is 1. The molecule has 0 heterocycles. The summed E-state index contributed by atoms with van der Waals surface area (Å²) in [5, 5.41) is 28.7. The van der Waals surface area contributed by atoms with Crippen LogP contribution in [0.4, 0.5) is 0 Å². The van der Waals surface area contributed by atoms with Crippen molar-refractivity contribution in [2.45, 2.75) is 12.2 Å². The first kappa shape index (κ1) is 13.4. The van der Waals surface area contributed by atoms with Crippen LogP contribution in [0.2, 0.25) is 0 Å². The van der Waals surface area contributed by atoms with Crippen LogP contribution in [0.1, 0.15) is 22.0 Å². The zero-order chi connectivity index (χ0) is 13.0. The van der Waals surface area contributed by atoms with Crippen LogP contribution in [-0.4, -0.2) is 41.4 Å². The van der Waals surface area contributed by atoms with E-state index in [-0.39, 0.29) is 29.2 Å². The molecule has 0 aliphatic carbocycles. The highest BCUT2D eigenvalue weighted by Gasteiger charge is 2.22. The van der Waals surface area contributed by atoms with Gasteiger partial charge in [-0.2, -0.15) is 0 Å². The molecule has 0 bridgehead atoms. The van der Waals surface area contributed by atoms with Gasteiger partial charge >= 0.3 is 0 Å². The SMILES string of the molecule is COc1cc(C=O)c(C(O)C(O)CN)cc1O. The van der Waals surface area contributed by atoms with E-state index in [0.29, 0.717) is 6.29 Å². The summed E-state index contributed by atoms with van der Waals surface area (Å²) in [7, 11) is 1.34. The number of nitrogens with two attached hydrogens (primary N) is 1. The highest BCUT2D eigenvalue weighted by atomic mass is 16.5. The second-order valence-electron chi connectivity index (χ2n) is 3.52. The molecule has 0 aliphatic rings. The molecule has 0 spiro atoms. The molecule has 1 aromatic rings. The van der Waals surface area contributed by atoms with Gasteiger partial charge in [0.05, 0.1) is 13.2 Å². The maximum atomic E-state index is 10.9. The van der Waals surface area contributed by atoms with Crippen molar-refractivity contribution in [2.75, 3.05) is 13.7 Å². The summed E-state index contributed by atoms with van der Waals surface area (Å²) in [5.74, 6) is -0.110. The van der Waals surface area contributed by atoms with Crippen molar-refractivity contribution < 1.29 is 24.9 Å². The van der Waals surface area contributed by atoms with Crippen LogP contribution in [-0.2, 0) is 0 Å². The Kier molecular flexibility index (Phi) is 4.45. The Bertz CT molecular complexity index is 407. The zero-order valence-electron chi connectivity index (χ0n) is 9.33. The summed E-state index contributed by atoms with van der Waals surface area (Å²) in [6.45, 7) is -0.160. The summed E-state index contributed by atoms with van der Waals surface area (Å²) >= 11 is 0. The van der Waals surface area contributed by atoms with E-state index in [1.165, 1.54) is 19.2 Å². The third-order valence-electron chi connectivity index (χ3n) is 2.44. The number of hydrogen-bond acceptors (Lipinski definition) is 6. The summed E-state index contributed by atoms with van der Waals surface area (Å²) in [6, 6.07) is 2.45. The van der Waals surface area contributed by atoms with E-state index in [9.17, 15) is 20.1 Å². The minimum atomic E-state index is -1.34. The van der Waals surface area contributed by atoms with Gasteiger partial charge in [0, 0.05) is 12.1 Å². The highest BCUT2D eigenvalue weighted by molar-refractivity contribution is 5.79. The number of methoxy groups -OCH3 is 1. The van der Waals surface area contributed by atoms with E-state index >= 15 is 0 Å². The number of phenolic OH excluding ortho intramolecular Hbond substituents is 1. The highest BCUT2D eigenvalue weighted by Crippen LogP contribution is 2.32. The monoisotopic (exact) mass is 241 g/mol. The Labute approximate surface area is 98.3 Å². The van der Waals surface area contributed by atoms with Crippen LogP contribution in [0, 0.1) is 0 Å². The van der Waals surface area contributed by atoms with E-state index in [2.05, 4.69) is 0 Å². The lowest BCUT2D eigenvalue weighted by molar-refractivity contribution is 0.0238. The van der Waals surface area contributed by atoms with Crippen LogP contribution in [0.15, 0.2) is 12.1 Å². The van der Waals surface area contributed by atoms with Crippen molar-refractivity contribution in [3.8, 4) is 11.5 Å². The quantitative estimate of drug-likeness (QED) is 0.520. The lowest BCUT2D eigenvalue weighted by atomic mass is 9.98. The van der Waals surface area contributed by atoms with Crippen molar-refractivity contribution >= 4 is 6.29 Å². The van der Waals surface area contributed by atoms with Crippen LogP contribution >= 0.6 is 0 Å². The van der Waals surface area contributed by atoms with Crippen molar-refractivity contribution in [3.05, 3.63) is 23.3 Å². The third-order valence-corrected chi connectivity index (χ3v) is 2.44. The van der Waals surface area contributed by atoms with E-state index < -0.39 is 12.2 Å². The topological polar surface area (TPSA) is 113 Å². The standard InChI is InChI=1S/C11H15NO5/c1-17-10-2-6(5-13)7(3-8(10)14)11(16)9(15)4-12/h2-3,5,9,11,14-16H,4,12H2,1H3. The van der Waals surface area contributed by atoms with Crippen LogP contribution in [0.3, 0.4) is 0 Å². The molecule has 5 N–H and O–H groups in total. The lowest BCUT2D eigenvalue weighted by Crippen LogP contribution is -2.27. The van der Waals surface area contributed by atoms with Crippen LogP contribution in [0.25, 0.3) is 0 Å². The van der Waals surface area contributed by atoms with Crippen molar-refractivity contribution in [3.63, 3.8) is 0 Å². The predicted molar refractivity (Wildman–Crippen MR) is 60.1 cm³/mol. The largest absolute Gasteiger partial charge is 0.504 e. The van der Waals surface area contributed by atoms with Crippen molar-refractivity contribution in [1.29, 1.82) is 0 Å². The average Bonchev–Trinajstić information content (AvgIpc) is 2.36. The average molecular weight is 241 g/mol. The maximum absolute atomic E-state index is 10.9. The first-order valence-corrected chi connectivity index (χ1v) is 4.97. The molecule has 94 valence electrons. The molecule has 2 atom stereocenters. The minimum Gasteiger partial charge on any atom is -0.504 e. The normalized spacial score (nSPS) is 14.1. The molecule has 0 aliphatic heterocycles. The molecule has 6 nitrogen and oxygen atoms in total. The molecule has 0 fully saturated rings. The van der Waals surface area contributed by atoms with Crippen LogP contribution < -0.4 is 10.5 Å². The number of hydrogen-bond donors (Lipinski definition) is 4. The third kappa shape index (κ3) is 2.73. The molecule has 6 heteroatoms. The fourth-order valence-corrected chi connectivity index (χ4v) is 1.46. The molecule has 0 aromatic heterocycles. The number of rotatable bonds is 5. The van der Waals surface area contributed by atoms with E-state index in [1.807, 2.05) is 0 Å². The number of aromatic hydroxyl groups is 1. The number of aliphatic hydroxyl groups excluding tert-OH is 2. The fourth-order valence-electron chi connectivity index (χ4n) is 1.46. The summed E-state index contributed by atoms with van der Waals surface area (Å²) in [6.07, 6.45) is -2.04. The van der Waals surface area contributed by atoms with Gasteiger partial charge in [0.25, 0.3) is 0 Å². The number of benzene rings is 1. The number of aliphatic hydroxyl groups is 2. The van der Waals surface area contributed by atoms with Crippen molar-refractivity contribution in [2.24, 2.45) is 5.73 Å². The number of carbonyl (C=O) groups excluding carboxylic acids is 1. The molecule has 17 heavy (non-hydrogen) atoms. The van der Waals surface area contributed by atoms with Gasteiger partial charge in [-0.1, -0.05) is 0 Å². The molecular formula is C11H15NO5. The number of carbonyl (C=O) groups is 1. The lowest BCUT2D eigenvalue weighted by Gasteiger charge is -2.19. The Balaban J connectivity index is 3.23. The first-order chi connectivity index (χ1) is 8.04. The Morgan fingerprint density at radius 2 is 2.12 bits per heavy atom. The number of aldehydes is 1. The van der Waals surface area contributed by atoms with Gasteiger partial charge in [-0.25, -0.2) is 0 Å². The van der Waals surface area contributed by atoms with E-state index in [1.54, 1.807) is 0 Å². The van der Waals surface area contributed by atoms with Gasteiger partial charge in [-0.3, -0.25) is 4.79 Å². The molecule has 1 aromatic carbocycles. The Morgan fingerprint density at radius 3 is 2.59 bits per heavy atom. The minimum absolute atomic E-state index is 0.108. The van der Waals surface area contributed by atoms with E-state index in [0.717, 1.165) is 0 Å². The number of ether oxygens (including phenoxy) is 1. The second-order valence-corrected chi connectivity index (χ2v) is 3.52. The van der Waals surface area contributed by atoms with Crippen molar-refractivity contribution in [1.82, 2.24) is 0 Å². The maximum Gasteiger partial charge on any atom is 0.161 e. The Morgan fingerprint density at radius 1 is 1.47 bits per heavy atom. The van der Waals surface area contributed by atoms with Crippen LogP contribution in [0.5, 0.6) is 11.5 Å². The van der Waals surface area contributed by atoms with E-state index in [4.69, 9.17) is 10.5 Å². The summed E-state index contributed by atoms with van der Waals surface area (Å²) in [5.41, 5.74) is 5.44. The summed E-state index contributed by atoms with van der Waals surface area (Å²) in [4.78, 5) is 10.9. The molecular weight excluding hydrogens is 226 g/mol. The molecule has 2 unspecified atom stereocenters. The van der Waals surface area contributed by atoms with Gasteiger partial charge in [0.15, 0.2) is 17.8 Å².